The molecule has 1 atom stereocenters. The van der Waals surface area contributed by atoms with Crippen LogP contribution in [-0.4, -0.2) is 6.54 Å². The average molecular weight is 278 g/mol. The quantitative estimate of drug-likeness (QED) is 0.837. The maximum atomic E-state index is 12.9. The first-order valence-electron chi connectivity index (χ1n) is 6.09. The summed E-state index contributed by atoms with van der Waals surface area (Å²) in [5.41, 5.74) is 2.85. The van der Waals surface area contributed by atoms with Crippen LogP contribution in [0.1, 0.15) is 17.2 Å². The lowest BCUT2D eigenvalue weighted by Gasteiger charge is -2.29. The molecule has 2 aromatic carbocycles. The monoisotopic (exact) mass is 277 g/mol. The number of anilines is 1. The molecule has 1 heterocycles. The fourth-order valence-electron chi connectivity index (χ4n) is 2.27. The third-order valence-electron chi connectivity index (χ3n) is 3.22. The lowest BCUT2D eigenvalue weighted by Crippen LogP contribution is -2.24. The summed E-state index contributed by atoms with van der Waals surface area (Å²) in [7, 11) is 0. The second-order valence-corrected chi connectivity index (χ2v) is 5.07. The molecule has 1 aliphatic heterocycles. The van der Waals surface area contributed by atoms with Crippen molar-refractivity contribution >= 4 is 17.3 Å². The molecule has 19 heavy (non-hydrogen) atoms. The Morgan fingerprint density at radius 3 is 2.74 bits per heavy atom. The van der Waals surface area contributed by atoms with Crippen LogP contribution in [-0.2, 0) is 0 Å². The van der Waals surface area contributed by atoms with Gasteiger partial charge in [-0.15, -0.1) is 0 Å². The summed E-state index contributed by atoms with van der Waals surface area (Å²) >= 11 is 6.02. The highest BCUT2D eigenvalue weighted by atomic mass is 35.5. The van der Waals surface area contributed by atoms with Crippen molar-refractivity contribution in [2.24, 2.45) is 0 Å². The summed E-state index contributed by atoms with van der Waals surface area (Å²) < 4.78 is 18.9. The van der Waals surface area contributed by atoms with Gasteiger partial charge in [0.15, 0.2) is 0 Å². The molecule has 0 bridgehead atoms. The second-order valence-electron chi connectivity index (χ2n) is 4.64. The van der Waals surface area contributed by atoms with Gasteiger partial charge in [0.05, 0.1) is 12.2 Å². The summed E-state index contributed by atoms with van der Waals surface area (Å²) in [6.45, 7) is 2.60. The maximum Gasteiger partial charge on any atom is 0.146 e. The zero-order valence-corrected chi connectivity index (χ0v) is 11.2. The van der Waals surface area contributed by atoms with Crippen LogP contribution < -0.4 is 10.1 Å². The molecule has 2 nitrogen and oxygen atoms in total. The highest BCUT2D eigenvalue weighted by Crippen LogP contribution is 2.38. The van der Waals surface area contributed by atoms with Crippen molar-refractivity contribution in [3.63, 3.8) is 0 Å². The number of nitrogens with one attached hydrogen (secondary N) is 1. The number of ether oxygens (including phenoxy) is 1. The van der Waals surface area contributed by atoms with Crippen LogP contribution >= 0.6 is 11.6 Å². The van der Waals surface area contributed by atoms with Gasteiger partial charge in [0.1, 0.15) is 17.7 Å². The lowest BCUT2D eigenvalue weighted by molar-refractivity contribution is 0.209. The van der Waals surface area contributed by atoms with Crippen LogP contribution in [0.25, 0.3) is 0 Å². The van der Waals surface area contributed by atoms with Gasteiger partial charge in [-0.2, -0.15) is 0 Å². The molecule has 1 unspecified atom stereocenters. The van der Waals surface area contributed by atoms with Crippen molar-refractivity contribution in [1.29, 1.82) is 0 Å². The van der Waals surface area contributed by atoms with E-state index in [2.05, 4.69) is 5.32 Å². The predicted molar refractivity (Wildman–Crippen MR) is 74.4 cm³/mol. The first kappa shape index (κ1) is 12.3. The molecule has 0 spiro atoms. The Labute approximate surface area is 116 Å². The molecule has 1 aliphatic rings. The van der Waals surface area contributed by atoms with E-state index in [1.807, 2.05) is 19.1 Å². The molecule has 0 fully saturated rings. The van der Waals surface area contributed by atoms with Crippen LogP contribution in [0.3, 0.4) is 0 Å². The molecule has 0 aliphatic carbocycles. The van der Waals surface area contributed by atoms with Crippen LogP contribution in [0, 0.1) is 12.7 Å². The van der Waals surface area contributed by atoms with Crippen molar-refractivity contribution < 1.29 is 9.13 Å². The van der Waals surface area contributed by atoms with E-state index >= 15 is 0 Å². The third kappa shape index (κ3) is 2.38. The molecule has 0 radical (unpaired) electrons. The van der Waals surface area contributed by atoms with E-state index in [4.69, 9.17) is 16.3 Å². The van der Waals surface area contributed by atoms with Gasteiger partial charge in [-0.25, -0.2) is 4.39 Å². The third-order valence-corrected chi connectivity index (χ3v) is 3.44. The van der Waals surface area contributed by atoms with Crippen LogP contribution in [0.4, 0.5) is 10.1 Å². The minimum absolute atomic E-state index is 0.118. The van der Waals surface area contributed by atoms with Crippen molar-refractivity contribution in [2.75, 3.05) is 11.9 Å². The Balaban J connectivity index is 1.92. The Morgan fingerprint density at radius 1 is 1.26 bits per heavy atom. The summed E-state index contributed by atoms with van der Waals surface area (Å²) in [6.07, 6.45) is -0.118. The Kier molecular flexibility index (Phi) is 3.07. The highest BCUT2D eigenvalue weighted by molar-refractivity contribution is 6.31. The van der Waals surface area contributed by atoms with E-state index in [1.165, 1.54) is 12.1 Å². The zero-order chi connectivity index (χ0) is 13.4. The van der Waals surface area contributed by atoms with Gasteiger partial charge in [0, 0.05) is 5.02 Å². The fraction of sp³-hybridized carbons (Fsp3) is 0.200. The van der Waals surface area contributed by atoms with Gasteiger partial charge in [0.2, 0.25) is 0 Å². The lowest BCUT2D eigenvalue weighted by atomic mass is 10.1. The van der Waals surface area contributed by atoms with Gasteiger partial charge in [-0.3, -0.25) is 0 Å². The van der Waals surface area contributed by atoms with Crippen LogP contribution in [0.15, 0.2) is 36.4 Å². The number of hydrogen-bond donors (Lipinski definition) is 1. The highest BCUT2D eigenvalue weighted by Gasteiger charge is 2.22. The first-order chi connectivity index (χ1) is 9.13. The first-order valence-corrected chi connectivity index (χ1v) is 6.47. The molecular formula is C15H13ClFNO. The maximum absolute atomic E-state index is 12.9. The SMILES string of the molecule is Cc1cc(Cl)cc2c1OC(c1ccc(F)cc1)CN2. The van der Waals surface area contributed by atoms with E-state index in [-0.39, 0.29) is 11.9 Å². The van der Waals surface area contributed by atoms with Crippen LogP contribution in [0.2, 0.25) is 5.02 Å². The number of fused-ring (bicyclic) bond motifs is 1. The van der Waals surface area contributed by atoms with Crippen molar-refractivity contribution in [2.45, 2.75) is 13.0 Å². The molecule has 98 valence electrons. The molecule has 0 saturated heterocycles. The van der Waals surface area contributed by atoms with E-state index < -0.39 is 0 Å². The summed E-state index contributed by atoms with van der Waals surface area (Å²) in [5, 5.41) is 3.99. The predicted octanol–water partition coefficient (Wildman–Crippen LogP) is 4.33. The van der Waals surface area contributed by atoms with Gasteiger partial charge in [-0.1, -0.05) is 23.7 Å². The number of hydrogen-bond acceptors (Lipinski definition) is 2. The molecule has 0 aromatic heterocycles. The van der Waals surface area contributed by atoms with Gasteiger partial charge >= 0.3 is 0 Å². The summed E-state index contributed by atoms with van der Waals surface area (Å²) in [6, 6.07) is 10.1. The number of benzene rings is 2. The molecule has 2 aromatic rings. The minimum atomic E-state index is -0.240. The van der Waals surface area contributed by atoms with E-state index in [0.29, 0.717) is 11.6 Å². The van der Waals surface area contributed by atoms with Gasteiger partial charge in [-0.05, 0) is 42.3 Å². The molecular weight excluding hydrogens is 265 g/mol. The Hall–Kier alpha value is -1.74. The van der Waals surface area contributed by atoms with E-state index in [1.54, 1.807) is 12.1 Å². The van der Waals surface area contributed by atoms with Crippen LogP contribution in [0.5, 0.6) is 5.75 Å². The number of rotatable bonds is 1. The zero-order valence-electron chi connectivity index (χ0n) is 10.4. The molecule has 3 rings (SSSR count). The van der Waals surface area contributed by atoms with Crippen molar-refractivity contribution in [1.82, 2.24) is 0 Å². The number of halogens is 2. The standard InChI is InChI=1S/C15H13ClFNO/c1-9-6-11(16)7-13-15(9)19-14(8-18-13)10-2-4-12(17)5-3-10/h2-7,14,18H,8H2,1H3. The normalized spacial score (nSPS) is 17.3. The van der Waals surface area contributed by atoms with Crippen molar-refractivity contribution in [3.8, 4) is 5.75 Å². The average Bonchev–Trinajstić information content (AvgIpc) is 2.39. The topological polar surface area (TPSA) is 21.3 Å². The molecule has 0 saturated carbocycles. The fourth-order valence-corrected chi connectivity index (χ4v) is 2.54. The van der Waals surface area contributed by atoms with Crippen molar-refractivity contribution in [3.05, 3.63) is 58.4 Å². The Morgan fingerprint density at radius 2 is 2.00 bits per heavy atom. The number of aryl methyl sites for hydroxylation is 1. The second kappa shape index (κ2) is 4.74. The minimum Gasteiger partial charge on any atom is -0.481 e. The summed E-state index contributed by atoms with van der Waals surface area (Å²) in [5.74, 6) is 0.570. The van der Waals surface area contributed by atoms with E-state index in [9.17, 15) is 4.39 Å². The van der Waals surface area contributed by atoms with Gasteiger partial charge < -0.3 is 10.1 Å². The Bertz CT molecular complexity index is 612. The van der Waals surface area contributed by atoms with E-state index in [0.717, 1.165) is 22.6 Å². The molecule has 4 heteroatoms. The molecule has 1 N–H and O–H groups in total. The summed E-state index contributed by atoms with van der Waals surface area (Å²) in [4.78, 5) is 0. The smallest absolute Gasteiger partial charge is 0.146 e. The largest absolute Gasteiger partial charge is 0.481 e. The molecule has 0 amide bonds. The van der Waals surface area contributed by atoms with Gasteiger partial charge in [0.25, 0.3) is 0 Å².